The molecule has 0 saturated carbocycles. The predicted octanol–water partition coefficient (Wildman–Crippen LogP) is 3.26. The standard InChI is InChI=1S/C17H23N3O2S/c1-4-20(5-2)15(16-7-6-10-22-16)11-18-17(21)9-8-14-12-23-13(3)19-14/h6-10,12,15H,4-5,11H2,1-3H3,(H,18,21). The minimum atomic E-state index is -0.126. The summed E-state index contributed by atoms with van der Waals surface area (Å²) in [6.45, 7) is 8.45. The van der Waals surface area contributed by atoms with Crippen molar-refractivity contribution in [1.29, 1.82) is 0 Å². The Hall–Kier alpha value is -1.92. The first-order valence-electron chi connectivity index (χ1n) is 7.79. The molecule has 23 heavy (non-hydrogen) atoms. The first kappa shape index (κ1) is 17.4. The van der Waals surface area contributed by atoms with Crippen LogP contribution in [0.4, 0.5) is 0 Å². The zero-order valence-electron chi connectivity index (χ0n) is 13.8. The summed E-state index contributed by atoms with van der Waals surface area (Å²) in [5.41, 5.74) is 0.814. The van der Waals surface area contributed by atoms with Gasteiger partial charge in [0.15, 0.2) is 0 Å². The number of nitrogens with zero attached hydrogens (tertiary/aromatic N) is 2. The van der Waals surface area contributed by atoms with Crippen LogP contribution >= 0.6 is 11.3 Å². The van der Waals surface area contributed by atoms with Crippen molar-refractivity contribution in [3.05, 3.63) is 46.3 Å². The van der Waals surface area contributed by atoms with Crippen molar-refractivity contribution in [1.82, 2.24) is 15.2 Å². The highest BCUT2D eigenvalue weighted by molar-refractivity contribution is 7.09. The van der Waals surface area contributed by atoms with Gasteiger partial charge in [-0.2, -0.15) is 0 Å². The second-order valence-electron chi connectivity index (χ2n) is 5.12. The number of carbonyl (C=O) groups is 1. The van der Waals surface area contributed by atoms with Gasteiger partial charge in [-0.25, -0.2) is 4.98 Å². The summed E-state index contributed by atoms with van der Waals surface area (Å²) in [7, 11) is 0. The molecule has 1 unspecified atom stereocenters. The first-order chi connectivity index (χ1) is 11.1. The van der Waals surface area contributed by atoms with Crippen molar-refractivity contribution in [3.63, 3.8) is 0 Å². The summed E-state index contributed by atoms with van der Waals surface area (Å²) in [4.78, 5) is 18.6. The largest absolute Gasteiger partial charge is 0.468 e. The zero-order valence-corrected chi connectivity index (χ0v) is 14.6. The Morgan fingerprint density at radius 1 is 1.48 bits per heavy atom. The first-order valence-corrected chi connectivity index (χ1v) is 8.67. The molecule has 0 radical (unpaired) electrons. The molecule has 0 aliphatic carbocycles. The minimum absolute atomic E-state index is 0.0406. The van der Waals surface area contributed by atoms with Gasteiger partial charge in [-0.05, 0) is 38.2 Å². The highest BCUT2D eigenvalue weighted by Crippen LogP contribution is 2.20. The van der Waals surface area contributed by atoms with Crippen LogP contribution < -0.4 is 5.32 Å². The lowest BCUT2D eigenvalue weighted by atomic mass is 10.2. The van der Waals surface area contributed by atoms with Crippen molar-refractivity contribution in [2.75, 3.05) is 19.6 Å². The van der Waals surface area contributed by atoms with E-state index >= 15 is 0 Å². The summed E-state index contributed by atoms with van der Waals surface area (Å²) < 4.78 is 5.53. The number of thiazole rings is 1. The average Bonchev–Trinajstić information content (AvgIpc) is 3.21. The lowest BCUT2D eigenvalue weighted by molar-refractivity contribution is -0.116. The molecule has 6 heteroatoms. The number of carbonyl (C=O) groups excluding carboxylic acids is 1. The number of amides is 1. The summed E-state index contributed by atoms with van der Waals surface area (Å²) in [6.07, 6.45) is 4.92. The van der Waals surface area contributed by atoms with Crippen molar-refractivity contribution in [3.8, 4) is 0 Å². The molecular formula is C17H23N3O2S. The Kier molecular flexibility index (Phi) is 6.55. The van der Waals surface area contributed by atoms with E-state index in [9.17, 15) is 4.79 Å². The van der Waals surface area contributed by atoms with Crippen molar-refractivity contribution in [2.45, 2.75) is 26.8 Å². The molecule has 124 valence electrons. The Bertz CT molecular complexity index is 630. The molecule has 2 aromatic rings. The van der Waals surface area contributed by atoms with E-state index in [0.29, 0.717) is 6.54 Å². The van der Waals surface area contributed by atoms with Gasteiger partial charge in [0.05, 0.1) is 23.0 Å². The number of likely N-dealkylation sites (N-methyl/N-ethyl adjacent to an activating group) is 1. The lowest BCUT2D eigenvalue weighted by Crippen LogP contribution is -2.37. The van der Waals surface area contributed by atoms with Gasteiger partial charge in [-0.3, -0.25) is 9.69 Å². The molecule has 0 aromatic carbocycles. The van der Waals surface area contributed by atoms with Gasteiger partial charge in [0.25, 0.3) is 0 Å². The normalized spacial score (nSPS) is 12.9. The van der Waals surface area contributed by atoms with E-state index in [0.717, 1.165) is 29.6 Å². The predicted molar refractivity (Wildman–Crippen MR) is 93.3 cm³/mol. The van der Waals surface area contributed by atoms with E-state index in [1.165, 1.54) is 6.08 Å². The molecule has 1 amide bonds. The molecule has 1 N–H and O–H groups in total. The minimum Gasteiger partial charge on any atom is -0.468 e. The number of hydrogen-bond donors (Lipinski definition) is 1. The average molecular weight is 333 g/mol. The van der Waals surface area contributed by atoms with E-state index in [1.807, 2.05) is 24.4 Å². The number of aromatic nitrogens is 1. The number of hydrogen-bond acceptors (Lipinski definition) is 5. The molecular weight excluding hydrogens is 310 g/mol. The summed E-state index contributed by atoms with van der Waals surface area (Å²) >= 11 is 1.57. The van der Waals surface area contributed by atoms with Crippen LogP contribution in [0.2, 0.25) is 0 Å². The fourth-order valence-corrected chi connectivity index (χ4v) is 3.01. The summed E-state index contributed by atoms with van der Waals surface area (Å²) in [5.74, 6) is 0.743. The van der Waals surface area contributed by atoms with Gasteiger partial charge in [-0.15, -0.1) is 11.3 Å². The van der Waals surface area contributed by atoms with Crippen LogP contribution in [0.1, 0.15) is 36.4 Å². The third-order valence-corrected chi connectivity index (χ3v) is 4.43. The van der Waals surface area contributed by atoms with E-state index in [2.05, 4.69) is 29.0 Å². The van der Waals surface area contributed by atoms with Gasteiger partial charge >= 0.3 is 0 Å². The second kappa shape index (κ2) is 8.64. The maximum absolute atomic E-state index is 12.0. The van der Waals surface area contributed by atoms with E-state index < -0.39 is 0 Å². The third-order valence-electron chi connectivity index (χ3n) is 3.64. The quantitative estimate of drug-likeness (QED) is 0.753. The molecule has 0 fully saturated rings. The van der Waals surface area contributed by atoms with Crippen LogP contribution in [-0.2, 0) is 4.79 Å². The molecule has 0 saturated heterocycles. The smallest absolute Gasteiger partial charge is 0.244 e. The highest BCUT2D eigenvalue weighted by atomic mass is 32.1. The number of nitrogens with one attached hydrogen (secondary N) is 1. The molecule has 0 spiro atoms. The highest BCUT2D eigenvalue weighted by Gasteiger charge is 2.20. The fraction of sp³-hybridized carbons (Fsp3) is 0.412. The summed E-state index contributed by atoms with van der Waals surface area (Å²) in [6, 6.07) is 3.86. The molecule has 0 bridgehead atoms. The van der Waals surface area contributed by atoms with Crippen molar-refractivity contribution in [2.24, 2.45) is 0 Å². The maximum atomic E-state index is 12.0. The molecule has 2 rings (SSSR count). The Balaban J connectivity index is 1.95. The van der Waals surface area contributed by atoms with Crippen LogP contribution in [-0.4, -0.2) is 35.4 Å². The molecule has 1 atom stereocenters. The lowest BCUT2D eigenvalue weighted by Gasteiger charge is -2.28. The van der Waals surface area contributed by atoms with Gasteiger partial charge in [-0.1, -0.05) is 13.8 Å². The molecule has 5 nitrogen and oxygen atoms in total. The van der Waals surface area contributed by atoms with Crippen molar-refractivity contribution >= 4 is 23.3 Å². The number of rotatable bonds is 8. The Labute approximate surface area is 141 Å². The maximum Gasteiger partial charge on any atom is 0.244 e. The Morgan fingerprint density at radius 2 is 2.26 bits per heavy atom. The second-order valence-corrected chi connectivity index (χ2v) is 6.18. The topological polar surface area (TPSA) is 58.4 Å². The van der Waals surface area contributed by atoms with Gasteiger partial charge in [0, 0.05) is 18.0 Å². The number of furan rings is 1. The van der Waals surface area contributed by atoms with Crippen LogP contribution in [0, 0.1) is 6.92 Å². The zero-order chi connectivity index (χ0) is 16.7. The third kappa shape index (κ3) is 5.04. The molecule has 0 aliphatic rings. The molecule has 2 aromatic heterocycles. The van der Waals surface area contributed by atoms with Gasteiger partial charge < -0.3 is 9.73 Å². The van der Waals surface area contributed by atoms with Crippen LogP contribution in [0.3, 0.4) is 0 Å². The monoisotopic (exact) mass is 333 g/mol. The van der Waals surface area contributed by atoms with Gasteiger partial charge in [0.2, 0.25) is 5.91 Å². The number of aryl methyl sites for hydroxylation is 1. The SMILES string of the molecule is CCN(CC)C(CNC(=O)C=Cc1csc(C)n1)c1ccco1. The van der Waals surface area contributed by atoms with E-state index in [4.69, 9.17) is 4.42 Å². The van der Waals surface area contributed by atoms with E-state index in [1.54, 1.807) is 23.7 Å². The van der Waals surface area contributed by atoms with Gasteiger partial charge in [0.1, 0.15) is 5.76 Å². The Morgan fingerprint density at radius 3 is 2.83 bits per heavy atom. The molecule has 0 aliphatic heterocycles. The fourth-order valence-electron chi connectivity index (χ4n) is 2.43. The van der Waals surface area contributed by atoms with Crippen LogP contribution in [0.5, 0.6) is 0 Å². The molecule has 2 heterocycles. The summed E-state index contributed by atoms with van der Waals surface area (Å²) in [5, 5.41) is 5.87. The van der Waals surface area contributed by atoms with Crippen molar-refractivity contribution < 1.29 is 9.21 Å². The van der Waals surface area contributed by atoms with Crippen LogP contribution in [0.15, 0.2) is 34.3 Å². The van der Waals surface area contributed by atoms with Crippen LogP contribution in [0.25, 0.3) is 6.08 Å². The van der Waals surface area contributed by atoms with E-state index in [-0.39, 0.29) is 11.9 Å².